The van der Waals surface area contributed by atoms with E-state index >= 15 is 0 Å². The van der Waals surface area contributed by atoms with E-state index in [1.165, 1.54) is 32.7 Å². The quantitative estimate of drug-likeness (QED) is 0.211. The summed E-state index contributed by atoms with van der Waals surface area (Å²) >= 11 is 0. The Bertz CT molecular complexity index is 1600. The highest BCUT2D eigenvalue weighted by Gasteiger charge is 2.10. The first-order valence-electron chi connectivity index (χ1n) is 11.1. The standard InChI is InChI=1S/C30H22N2O/c1-19-14-28-29(15-20(19)2)33-30(32-28)23-10-7-11-24(17-23)31-18-27-25-12-5-3-8-21(25)16-22-9-4-6-13-26(22)27/h3-18H,1-2H3. The molecule has 3 nitrogen and oxygen atoms in total. The van der Waals surface area contributed by atoms with E-state index in [1.54, 1.807) is 0 Å². The minimum Gasteiger partial charge on any atom is -0.436 e. The molecule has 0 amide bonds. The van der Waals surface area contributed by atoms with Crippen molar-refractivity contribution in [2.45, 2.75) is 13.8 Å². The molecule has 1 aromatic heterocycles. The van der Waals surface area contributed by atoms with E-state index in [0.717, 1.165) is 27.9 Å². The average molecular weight is 427 g/mol. The van der Waals surface area contributed by atoms with Gasteiger partial charge in [-0.05, 0) is 82.9 Å². The molecular formula is C30H22N2O. The summed E-state index contributed by atoms with van der Waals surface area (Å²) in [7, 11) is 0. The number of aliphatic imine (C=N–C) groups is 1. The highest BCUT2D eigenvalue weighted by molar-refractivity contribution is 6.13. The van der Waals surface area contributed by atoms with Gasteiger partial charge in [-0.25, -0.2) is 4.98 Å². The lowest BCUT2D eigenvalue weighted by Crippen LogP contribution is -1.88. The van der Waals surface area contributed by atoms with E-state index in [0.29, 0.717) is 5.89 Å². The predicted molar refractivity (Wildman–Crippen MR) is 138 cm³/mol. The first-order valence-corrected chi connectivity index (χ1v) is 11.1. The summed E-state index contributed by atoms with van der Waals surface area (Å²) in [6.07, 6.45) is 1.97. The van der Waals surface area contributed by atoms with E-state index in [2.05, 4.69) is 80.6 Å². The van der Waals surface area contributed by atoms with Crippen LogP contribution >= 0.6 is 0 Å². The molecule has 0 radical (unpaired) electrons. The Hall–Kier alpha value is -4.24. The zero-order valence-corrected chi connectivity index (χ0v) is 18.5. The van der Waals surface area contributed by atoms with Gasteiger partial charge in [-0.1, -0.05) is 54.6 Å². The lowest BCUT2D eigenvalue weighted by molar-refractivity contribution is 0.619. The van der Waals surface area contributed by atoms with Gasteiger partial charge in [-0.3, -0.25) is 4.99 Å². The lowest BCUT2D eigenvalue weighted by Gasteiger charge is -2.08. The largest absolute Gasteiger partial charge is 0.436 e. The Labute approximate surface area is 192 Å². The molecule has 0 saturated carbocycles. The zero-order chi connectivity index (χ0) is 22.4. The van der Waals surface area contributed by atoms with Crippen LogP contribution in [0.25, 0.3) is 44.1 Å². The molecule has 0 bridgehead atoms. The number of nitrogens with zero attached hydrogens (tertiary/aromatic N) is 2. The van der Waals surface area contributed by atoms with Crippen molar-refractivity contribution in [1.29, 1.82) is 0 Å². The Morgan fingerprint density at radius 2 is 1.42 bits per heavy atom. The summed E-state index contributed by atoms with van der Waals surface area (Å²) in [6, 6.07) is 31.3. The monoisotopic (exact) mass is 426 g/mol. The van der Waals surface area contributed by atoms with Crippen LogP contribution in [0.3, 0.4) is 0 Å². The van der Waals surface area contributed by atoms with E-state index in [4.69, 9.17) is 14.4 Å². The first kappa shape index (κ1) is 19.4. The van der Waals surface area contributed by atoms with Gasteiger partial charge < -0.3 is 4.42 Å². The van der Waals surface area contributed by atoms with E-state index < -0.39 is 0 Å². The van der Waals surface area contributed by atoms with Crippen molar-refractivity contribution in [3.8, 4) is 11.5 Å². The van der Waals surface area contributed by atoms with Gasteiger partial charge in [0, 0.05) is 17.3 Å². The van der Waals surface area contributed by atoms with Crippen LogP contribution in [0.1, 0.15) is 16.7 Å². The molecule has 0 saturated heterocycles. The van der Waals surface area contributed by atoms with Crippen molar-refractivity contribution in [2.24, 2.45) is 4.99 Å². The molecule has 0 N–H and O–H groups in total. The number of hydrogen-bond donors (Lipinski definition) is 0. The Morgan fingerprint density at radius 3 is 2.18 bits per heavy atom. The third-order valence-corrected chi connectivity index (χ3v) is 6.25. The molecule has 0 unspecified atom stereocenters. The summed E-state index contributed by atoms with van der Waals surface area (Å²) in [5, 5.41) is 4.81. The van der Waals surface area contributed by atoms with Gasteiger partial charge in [0.2, 0.25) is 5.89 Å². The number of benzene rings is 5. The van der Waals surface area contributed by atoms with Gasteiger partial charge >= 0.3 is 0 Å². The third-order valence-electron chi connectivity index (χ3n) is 6.25. The molecule has 0 aliphatic rings. The molecule has 0 fully saturated rings. The number of fused-ring (bicyclic) bond motifs is 3. The smallest absolute Gasteiger partial charge is 0.227 e. The summed E-state index contributed by atoms with van der Waals surface area (Å²) in [4.78, 5) is 9.56. The van der Waals surface area contributed by atoms with Crippen LogP contribution in [0.5, 0.6) is 0 Å². The second-order valence-electron chi connectivity index (χ2n) is 8.46. The van der Waals surface area contributed by atoms with Gasteiger partial charge in [0.15, 0.2) is 5.58 Å². The highest BCUT2D eigenvalue weighted by Crippen LogP contribution is 2.30. The molecule has 33 heavy (non-hydrogen) atoms. The number of rotatable bonds is 3. The SMILES string of the molecule is Cc1cc2nc(-c3cccc(N=Cc4c5ccccc5cc5ccccc45)c3)oc2cc1C. The first-order chi connectivity index (χ1) is 16.2. The fraction of sp³-hybridized carbons (Fsp3) is 0.0667. The van der Waals surface area contributed by atoms with E-state index in [9.17, 15) is 0 Å². The molecule has 5 aromatic carbocycles. The van der Waals surface area contributed by atoms with Gasteiger partial charge in [-0.15, -0.1) is 0 Å². The number of aryl methyl sites for hydroxylation is 2. The summed E-state index contributed by atoms with van der Waals surface area (Å²) < 4.78 is 6.06. The second-order valence-corrected chi connectivity index (χ2v) is 8.46. The lowest BCUT2D eigenvalue weighted by atomic mass is 9.97. The van der Waals surface area contributed by atoms with Crippen LogP contribution in [0, 0.1) is 13.8 Å². The summed E-state index contributed by atoms with van der Waals surface area (Å²) in [6.45, 7) is 4.18. The maximum Gasteiger partial charge on any atom is 0.227 e. The topological polar surface area (TPSA) is 38.4 Å². The van der Waals surface area contributed by atoms with Crippen LogP contribution in [0.15, 0.2) is 100 Å². The maximum atomic E-state index is 6.06. The van der Waals surface area contributed by atoms with Crippen molar-refractivity contribution >= 4 is 44.5 Å². The molecule has 6 rings (SSSR count). The van der Waals surface area contributed by atoms with E-state index in [1.807, 2.05) is 30.5 Å². The molecule has 6 aromatic rings. The van der Waals surface area contributed by atoms with Crippen LogP contribution in [0.4, 0.5) is 5.69 Å². The molecule has 1 heterocycles. The van der Waals surface area contributed by atoms with Crippen molar-refractivity contribution in [1.82, 2.24) is 4.98 Å². The predicted octanol–water partition coefficient (Wildman–Crippen LogP) is 8.17. The van der Waals surface area contributed by atoms with Crippen LogP contribution < -0.4 is 0 Å². The number of hydrogen-bond acceptors (Lipinski definition) is 3. The van der Waals surface area contributed by atoms with Crippen LogP contribution in [-0.4, -0.2) is 11.2 Å². The van der Waals surface area contributed by atoms with Crippen molar-refractivity contribution < 1.29 is 4.42 Å². The molecule has 0 spiro atoms. The molecule has 0 aliphatic carbocycles. The highest BCUT2D eigenvalue weighted by atomic mass is 16.3. The normalized spacial score (nSPS) is 11.8. The van der Waals surface area contributed by atoms with Crippen molar-refractivity contribution in [3.63, 3.8) is 0 Å². The van der Waals surface area contributed by atoms with Gasteiger partial charge in [0.25, 0.3) is 0 Å². The number of aromatic nitrogens is 1. The average Bonchev–Trinajstić information content (AvgIpc) is 3.25. The van der Waals surface area contributed by atoms with Gasteiger partial charge in [0.1, 0.15) is 5.52 Å². The Morgan fingerprint density at radius 1 is 0.727 bits per heavy atom. The molecule has 158 valence electrons. The molecule has 3 heteroatoms. The second kappa shape index (κ2) is 7.72. The van der Waals surface area contributed by atoms with Crippen molar-refractivity contribution in [2.75, 3.05) is 0 Å². The maximum absolute atomic E-state index is 6.06. The van der Waals surface area contributed by atoms with Crippen LogP contribution in [0.2, 0.25) is 0 Å². The Kier molecular flexibility index (Phi) is 4.55. The minimum absolute atomic E-state index is 0.614. The fourth-order valence-corrected chi connectivity index (χ4v) is 4.35. The summed E-state index contributed by atoms with van der Waals surface area (Å²) in [5.74, 6) is 0.614. The molecular weight excluding hydrogens is 404 g/mol. The fourth-order valence-electron chi connectivity index (χ4n) is 4.35. The molecule has 0 aliphatic heterocycles. The Balaban J connectivity index is 1.43. The van der Waals surface area contributed by atoms with Crippen molar-refractivity contribution in [3.05, 3.63) is 108 Å². The number of oxazole rings is 1. The summed E-state index contributed by atoms with van der Waals surface area (Å²) in [5.41, 5.74) is 7.00. The minimum atomic E-state index is 0.614. The van der Waals surface area contributed by atoms with Gasteiger partial charge in [0.05, 0.1) is 5.69 Å². The van der Waals surface area contributed by atoms with Gasteiger partial charge in [-0.2, -0.15) is 0 Å². The molecule has 0 atom stereocenters. The third kappa shape index (κ3) is 3.48. The van der Waals surface area contributed by atoms with Crippen LogP contribution in [-0.2, 0) is 0 Å². The zero-order valence-electron chi connectivity index (χ0n) is 18.5. The van der Waals surface area contributed by atoms with E-state index in [-0.39, 0.29) is 0 Å².